The average molecular weight is 418 g/mol. The number of methoxy groups -OCH3 is 1. The molecule has 2 aromatic rings. The van der Waals surface area contributed by atoms with E-state index in [-0.39, 0.29) is 12.6 Å². The molecule has 0 saturated carbocycles. The summed E-state index contributed by atoms with van der Waals surface area (Å²) in [5, 5.41) is 17.8. The molecule has 1 fully saturated rings. The van der Waals surface area contributed by atoms with Gasteiger partial charge in [-0.3, -0.25) is 4.99 Å². The Morgan fingerprint density at radius 3 is 2.86 bits per heavy atom. The predicted molar refractivity (Wildman–Crippen MR) is 117 cm³/mol. The number of anilines is 1. The van der Waals surface area contributed by atoms with E-state index in [2.05, 4.69) is 25.5 Å². The number of aliphatic hydroxyl groups is 1. The molecule has 1 aliphatic heterocycles. The highest BCUT2D eigenvalue weighted by Gasteiger charge is 2.25. The summed E-state index contributed by atoms with van der Waals surface area (Å²) in [6.07, 6.45) is 2.04. The Hall–Kier alpha value is -2.51. The third-order valence-corrected chi connectivity index (χ3v) is 5.13. The van der Waals surface area contributed by atoms with Gasteiger partial charge in [0.25, 0.3) is 0 Å². The number of nitrogens with one attached hydrogen (secondary N) is 2. The number of hydrogen-bond acceptors (Lipinski definition) is 5. The SMILES string of the molecule is CCNC(=NCC(O)c1ccc(OC)cc1)NC1CCN(c2ncccc2Cl)C1. The van der Waals surface area contributed by atoms with Crippen molar-refractivity contribution >= 4 is 23.4 Å². The lowest BCUT2D eigenvalue weighted by molar-refractivity contribution is 0.187. The van der Waals surface area contributed by atoms with Crippen LogP contribution in [0.15, 0.2) is 47.6 Å². The van der Waals surface area contributed by atoms with Crippen molar-refractivity contribution in [3.05, 3.63) is 53.2 Å². The average Bonchev–Trinajstić information content (AvgIpc) is 3.20. The predicted octanol–water partition coefficient (Wildman–Crippen LogP) is 2.61. The third kappa shape index (κ3) is 5.74. The van der Waals surface area contributed by atoms with E-state index in [0.717, 1.165) is 43.2 Å². The largest absolute Gasteiger partial charge is 0.497 e. The van der Waals surface area contributed by atoms with Crippen LogP contribution in [0.25, 0.3) is 0 Å². The van der Waals surface area contributed by atoms with Gasteiger partial charge in [0.15, 0.2) is 5.96 Å². The number of pyridine rings is 1. The van der Waals surface area contributed by atoms with Gasteiger partial charge in [0.2, 0.25) is 0 Å². The van der Waals surface area contributed by atoms with Crippen LogP contribution in [0.3, 0.4) is 0 Å². The Labute approximate surface area is 176 Å². The number of rotatable bonds is 7. The normalized spacial score (nSPS) is 17.9. The number of aliphatic imine (C=N–C) groups is 1. The van der Waals surface area contributed by atoms with Crippen molar-refractivity contribution in [3.63, 3.8) is 0 Å². The first kappa shape index (κ1) is 21.2. The van der Waals surface area contributed by atoms with Gasteiger partial charge in [0.1, 0.15) is 11.6 Å². The van der Waals surface area contributed by atoms with Crippen LogP contribution in [0, 0.1) is 0 Å². The van der Waals surface area contributed by atoms with E-state index in [1.807, 2.05) is 43.3 Å². The summed E-state index contributed by atoms with van der Waals surface area (Å²) in [5.74, 6) is 2.27. The summed E-state index contributed by atoms with van der Waals surface area (Å²) in [6, 6.07) is 11.3. The zero-order chi connectivity index (χ0) is 20.6. The van der Waals surface area contributed by atoms with Crippen molar-refractivity contribution in [2.24, 2.45) is 4.99 Å². The molecule has 7 nitrogen and oxygen atoms in total. The Bertz CT molecular complexity index is 815. The highest BCUT2D eigenvalue weighted by molar-refractivity contribution is 6.32. The van der Waals surface area contributed by atoms with Crippen LogP contribution in [-0.4, -0.2) is 55.4 Å². The lowest BCUT2D eigenvalue weighted by atomic mass is 10.1. The van der Waals surface area contributed by atoms with Crippen molar-refractivity contribution in [1.29, 1.82) is 0 Å². The molecule has 2 atom stereocenters. The lowest BCUT2D eigenvalue weighted by Crippen LogP contribution is -2.44. The van der Waals surface area contributed by atoms with E-state index in [4.69, 9.17) is 16.3 Å². The van der Waals surface area contributed by atoms with Gasteiger partial charge in [-0.1, -0.05) is 23.7 Å². The van der Waals surface area contributed by atoms with Gasteiger partial charge in [0, 0.05) is 31.9 Å². The first-order valence-electron chi connectivity index (χ1n) is 9.83. The molecule has 1 aliphatic rings. The Balaban J connectivity index is 1.58. The Morgan fingerprint density at radius 1 is 1.38 bits per heavy atom. The molecule has 2 unspecified atom stereocenters. The van der Waals surface area contributed by atoms with Gasteiger partial charge in [0.05, 0.1) is 24.8 Å². The van der Waals surface area contributed by atoms with Gasteiger partial charge < -0.3 is 25.4 Å². The molecule has 3 rings (SSSR count). The fourth-order valence-corrected chi connectivity index (χ4v) is 3.54. The highest BCUT2D eigenvalue weighted by Crippen LogP contribution is 2.25. The third-order valence-electron chi connectivity index (χ3n) is 4.83. The van der Waals surface area contributed by atoms with Crippen molar-refractivity contribution < 1.29 is 9.84 Å². The van der Waals surface area contributed by atoms with E-state index in [1.54, 1.807) is 13.3 Å². The van der Waals surface area contributed by atoms with Gasteiger partial charge in [-0.05, 0) is 43.2 Å². The maximum atomic E-state index is 10.4. The fraction of sp³-hybridized carbons (Fsp3) is 0.429. The van der Waals surface area contributed by atoms with Crippen LogP contribution in [0.2, 0.25) is 5.02 Å². The minimum absolute atomic E-state index is 0.226. The minimum atomic E-state index is -0.677. The highest BCUT2D eigenvalue weighted by atomic mass is 35.5. The molecule has 0 aliphatic carbocycles. The van der Waals surface area contributed by atoms with E-state index >= 15 is 0 Å². The summed E-state index contributed by atoms with van der Waals surface area (Å²) < 4.78 is 5.16. The van der Waals surface area contributed by atoms with Crippen LogP contribution in [-0.2, 0) is 0 Å². The maximum absolute atomic E-state index is 10.4. The van der Waals surface area contributed by atoms with Crippen LogP contribution < -0.4 is 20.3 Å². The Kier molecular flexibility index (Phi) is 7.55. The molecule has 0 amide bonds. The standard InChI is InChI=1S/C21H28ClN5O2/c1-3-23-21(25-13-19(28)15-6-8-17(29-2)9-7-15)26-16-10-12-27(14-16)20-18(22)5-4-11-24-20/h4-9,11,16,19,28H,3,10,12-14H2,1-2H3,(H2,23,25,26). The van der Waals surface area contributed by atoms with Crippen molar-refractivity contribution in [3.8, 4) is 5.75 Å². The van der Waals surface area contributed by atoms with Crippen molar-refractivity contribution in [2.45, 2.75) is 25.5 Å². The number of ether oxygens (including phenoxy) is 1. The molecule has 0 spiro atoms. The van der Waals surface area contributed by atoms with Crippen molar-refractivity contribution in [1.82, 2.24) is 15.6 Å². The van der Waals surface area contributed by atoms with E-state index < -0.39 is 6.10 Å². The quantitative estimate of drug-likeness (QED) is 0.474. The number of guanidine groups is 1. The molecule has 1 aromatic heterocycles. The summed E-state index contributed by atoms with van der Waals surface area (Å²) in [5.41, 5.74) is 0.808. The van der Waals surface area contributed by atoms with Crippen LogP contribution >= 0.6 is 11.6 Å². The molecule has 0 bridgehead atoms. The van der Waals surface area contributed by atoms with E-state index in [0.29, 0.717) is 11.0 Å². The number of benzene rings is 1. The number of aromatic nitrogens is 1. The smallest absolute Gasteiger partial charge is 0.191 e. The maximum Gasteiger partial charge on any atom is 0.191 e. The number of nitrogens with zero attached hydrogens (tertiary/aromatic N) is 3. The van der Waals surface area contributed by atoms with E-state index in [1.165, 1.54) is 0 Å². The molecular formula is C21H28ClN5O2. The summed E-state index contributed by atoms with van der Waals surface area (Å²) in [7, 11) is 1.62. The molecule has 8 heteroatoms. The molecular weight excluding hydrogens is 390 g/mol. The molecule has 29 heavy (non-hydrogen) atoms. The van der Waals surface area contributed by atoms with Gasteiger partial charge in [-0.25, -0.2) is 4.98 Å². The molecule has 0 radical (unpaired) electrons. The first-order valence-corrected chi connectivity index (χ1v) is 10.2. The van der Waals surface area contributed by atoms with E-state index in [9.17, 15) is 5.11 Å². The monoisotopic (exact) mass is 417 g/mol. The molecule has 2 heterocycles. The lowest BCUT2D eigenvalue weighted by Gasteiger charge is -2.20. The second-order valence-electron chi connectivity index (χ2n) is 6.89. The minimum Gasteiger partial charge on any atom is -0.497 e. The Morgan fingerprint density at radius 2 is 2.17 bits per heavy atom. The van der Waals surface area contributed by atoms with Gasteiger partial charge >= 0.3 is 0 Å². The zero-order valence-electron chi connectivity index (χ0n) is 16.8. The second-order valence-corrected chi connectivity index (χ2v) is 7.30. The number of aliphatic hydroxyl groups excluding tert-OH is 1. The summed E-state index contributed by atoms with van der Waals surface area (Å²) >= 11 is 6.27. The molecule has 156 valence electrons. The zero-order valence-corrected chi connectivity index (χ0v) is 17.6. The summed E-state index contributed by atoms with van der Waals surface area (Å²) in [4.78, 5) is 11.1. The molecule has 1 aromatic carbocycles. The van der Waals surface area contributed by atoms with Gasteiger partial charge in [-0.15, -0.1) is 0 Å². The van der Waals surface area contributed by atoms with Crippen LogP contribution in [0.5, 0.6) is 5.75 Å². The fourth-order valence-electron chi connectivity index (χ4n) is 3.30. The van der Waals surface area contributed by atoms with Gasteiger partial charge in [-0.2, -0.15) is 0 Å². The molecule has 1 saturated heterocycles. The first-order chi connectivity index (χ1) is 14.1. The molecule has 3 N–H and O–H groups in total. The van der Waals surface area contributed by atoms with Crippen LogP contribution in [0.1, 0.15) is 25.0 Å². The summed E-state index contributed by atoms with van der Waals surface area (Å²) in [6.45, 7) is 4.70. The topological polar surface area (TPSA) is 82.0 Å². The van der Waals surface area contributed by atoms with Crippen molar-refractivity contribution in [2.75, 3.05) is 38.2 Å². The second kappa shape index (κ2) is 10.3. The van der Waals surface area contributed by atoms with Crippen LogP contribution in [0.4, 0.5) is 5.82 Å². The number of hydrogen-bond donors (Lipinski definition) is 3. The number of halogens is 1.